The predicted octanol–water partition coefficient (Wildman–Crippen LogP) is 2.49. The highest BCUT2D eigenvalue weighted by atomic mass is 19.4. The molecule has 0 aliphatic carbocycles. The Balaban J connectivity index is 2.90. The number of halogens is 3. The van der Waals surface area contributed by atoms with Crippen LogP contribution >= 0.6 is 0 Å². The van der Waals surface area contributed by atoms with Crippen molar-refractivity contribution in [1.29, 1.82) is 0 Å². The van der Waals surface area contributed by atoms with Gasteiger partial charge in [-0.3, -0.25) is 4.79 Å². The molecule has 0 aliphatic heterocycles. The number of nitrogens with zero attached hydrogens (tertiary/aromatic N) is 2. The number of rotatable bonds is 5. The van der Waals surface area contributed by atoms with E-state index in [-0.39, 0.29) is 19.0 Å². The van der Waals surface area contributed by atoms with E-state index in [0.29, 0.717) is 6.54 Å². The van der Waals surface area contributed by atoms with Crippen molar-refractivity contribution in [3.8, 4) is 0 Å². The molecule has 4 nitrogen and oxygen atoms in total. The number of alkyl halides is 3. The Kier molecular flexibility index (Phi) is 5.14. The first-order valence-corrected chi connectivity index (χ1v) is 5.82. The Morgan fingerprint density at radius 2 is 2.11 bits per heavy atom. The summed E-state index contributed by atoms with van der Waals surface area (Å²) < 4.78 is 42.5. The zero-order chi connectivity index (χ0) is 14.5. The summed E-state index contributed by atoms with van der Waals surface area (Å²) in [4.78, 5) is 16.6. The Morgan fingerprint density at radius 3 is 2.63 bits per heavy atom. The van der Waals surface area contributed by atoms with Crippen molar-refractivity contribution in [3.63, 3.8) is 0 Å². The van der Waals surface area contributed by atoms with E-state index in [4.69, 9.17) is 4.74 Å². The number of aromatic nitrogens is 1. The zero-order valence-electron chi connectivity index (χ0n) is 10.7. The minimum Gasteiger partial charge on any atom is -0.465 e. The van der Waals surface area contributed by atoms with Gasteiger partial charge in [0, 0.05) is 12.7 Å². The second-order valence-corrected chi connectivity index (χ2v) is 3.72. The van der Waals surface area contributed by atoms with Crippen LogP contribution in [0.2, 0.25) is 0 Å². The van der Waals surface area contributed by atoms with Crippen LogP contribution in [0.15, 0.2) is 18.3 Å². The van der Waals surface area contributed by atoms with Gasteiger partial charge < -0.3 is 9.64 Å². The fourth-order valence-corrected chi connectivity index (χ4v) is 1.48. The summed E-state index contributed by atoms with van der Waals surface area (Å²) in [5, 5.41) is 0. The fourth-order valence-electron chi connectivity index (χ4n) is 1.48. The van der Waals surface area contributed by atoms with Gasteiger partial charge in [-0.1, -0.05) is 0 Å². The molecule has 0 bridgehead atoms. The van der Waals surface area contributed by atoms with Crippen LogP contribution in [-0.2, 0) is 15.7 Å². The van der Waals surface area contributed by atoms with E-state index in [2.05, 4.69) is 4.98 Å². The lowest BCUT2D eigenvalue weighted by molar-refractivity contribution is -0.141. The lowest BCUT2D eigenvalue weighted by atomic mass is 10.2. The molecule has 0 aliphatic rings. The largest absolute Gasteiger partial charge is 0.465 e. The summed E-state index contributed by atoms with van der Waals surface area (Å²) in [7, 11) is 0. The monoisotopic (exact) mass is 276 g/mol. The van der Waals surface area contributed by atoms with Gasteiger partial charge in [0.1, 0.15) is 12.4 Å². The van der Waals surface area contributed by atoms with Crippen LogP contribution in [0.25, 0.3) is 0 Å². The lowest BCUT2D eigenvalue weighted by Gasteiger charge is -2.21. The Labute approximate surface area is 109 Å². The maximum atomic E-state index is 12.6. The van der Waals surface area contributed by atoms with Crippen LogP contribution in [0, 0.1) is 0 Å². The number of hydrogen-bond donors (Lipinski definition) is 0. The summed E-state index contributed by atoms with van der Waals surface area (Å²) in [5.41, 5.74) is -0.792. The second kappa shape index (κ2) is 6.40. The molecule has 106 valence electrons. The summed E-state index contributed by atoms with van der Waals surface area (Å²) in [6.07, 6.45) is -3.35. The van der Waals surface area contributed by atoms with E-state index >= 15 is 0 Å². The Hall–Kier alpha value is -1.79. The standard InChI is InChI=1S/C12H15F3N2O2/c1-3-17(8-11(18)19-4-2)10-7-9(5-6-16-10)12(13,14)15/h5-7H,3-4,8H2,1-2H3. The van der Waals surface area contributed by atoms with Gasteiger partial charge in [0.15, 0.2) is 0 Å². The van der Waals surface area contributed by atoms with Crippen molar-refractivity contribution in [3.05, 3.63) is 23.9 Å². The molecular weight excluding hydrogens is 261 g/mol. The molecule has 19 heavy (non-hydrogen) atoms. The van der Waals surface area contributed by atoms with Crippen molar-refractivity contribution >= 4 is 11.8 Å². The normalized spacial score (nSPS) is 11.2. The molecular formula is C12H15F3N2O2. The lowest BCUT2D eigenvalue weighted by Crippen LogP contribution is -2.31. The van der Waals surface area contributed by atoms with Gasteiger partial charge in [0.05, 0.1) is 12.2 Å². The molecule has 0 atom stereocenters. The van der Waals surface area contributed by atoms with Gasteiger partial charge in [0.25, 0.3) is 0 Å². The smallest absolute Gasteiger partial charge is 0.416 e. The number of esters is 1. The Bertz CT molecular complexity index is 435. The molecule has 7 heteroatoms. The van der Waals surface area contributed by atoms with Crippen molar-refractivity contribution in [1.82, 2.24) is 4.98 Å². The highest BCUT2D eigenvalue weighted by molar-refractivity contribution is 5.75. The molecule has 0 saturated heterocycles. The maximum absolute atomic E-state index is 12.6. The molecule has 0 unspecified atom stereocenters. The van der Waals surface area contributed by atoms with Gasteiger partial charge in [0.2, 0.25) is 0 Å². The van der Waals surface area contributed by atoms with Crippen LogP contribution in [0.4, 0.5) is 19.0 Å². The van der Waals surface area contributed by atoms with Crippen molar-refractivity contribution in [2.45, 2.75) is 20.0 Å². The van der Waals surface area contributed by atoms with E-state index in [1.165, 1.54) is 4.90 Å². The number of anilines is 1. The first-order chi connectivity index (χ1) is 8.88. The molecule has 1 heterocycles. The van der Waals surface area contributed by atoms with Crippen LogP contribution in [-0.4, -0.2) is 30.6 Å². The van der Waals surface area contributed by atoms with Crippen LogP contribution < -0.4 is 4.90 Å². The molecule has 0 spiro atoms. The Morgan fingerprint density at radius 1 is 1.42 bits per heavy atom. The van der Waals surface area contributed by atoms with E-state index in [9.17, 15) is 18.0 Å². The molecule has 0 aromatic carbocycles. The number of likely N-dealkylation sites (N-methyl/N-ethyl adjacent to an activating group) is 1. The molecule has 0 fully saturated rings. The molecule has 1 aromatic rings. The third-order valence-electron chi connectivity index (χ3n) is 2.40. The quantitative estimate of drug-likeness (QED) is 0.775. The van der Waals surface area contributed by atoms with Gasteiger partial charge in [-0.25, -0.2) is 4.98 Å². The number of ether oxygens (including phenoxy) is 1. The summed E-state index contributed by atoms with van der Waals surface area (Å²) >= 11 is 0. The first-order valence-electron chi connectivity index (χ1n) is 5.82. The van der Waals surface area contributed by atoms with Crippen molar-refractivity contribution in [2.24, 2.45) is 0 Å². The summed E-state index contributed by atoms with van der Waals surface area (Å²) in [6, 6.07) is 1.81. The molecule has 0 amide bonds. The number of carbonyl (C=O) groups is 1. The first kappa shape index (κ1) is 15.3. The van der Waals surface area contributed by atoms with E-state index in [0.717, 1.165) is 18.3 Å². The van der Waals surface area contributed by atoms with Gasteiger partial charge in [-0.05, 0) is 26.0 Å². The fraction of sp³-hybridized carbons (Fsp3) is 0.500. The highest BCUT2D eigenvalue weighted by Gasteiger charge is 2.31. The number of hydrogen-bond acceptors (Lipinski definition) is 4. The van der Waals surface area contributed by atoms with Gasteiger partial charge in [-0.2, -0.15) is 13.2 Å². The molecule has 0 N–H and O–H groups in total. The van der Waals surface area contributed by atoms with E-state index in [1.54, 1.807) is 13.8 Å². The van der Waals surface area contributed by atoms with Gasteiger partial charge in [-0.15, -0.1) is 0 Å². The van der Waals surface area contributed by atoms with Crippen molar-refractivity contribution < 1.29 is 22.7 Å². The van der Waals surface area contributed by atoms with Crippen LogP contribution in [0.1, 0.15) is 19.4 Å². The van der Waals surface area contributed by atoms with E-state index < -0.39 is 17.7 Å². The molecule has 0 saturated carbocycles. The van der Waals surface area contributed by atoms with Crippen LogP contribution in [0.5, 0.6) is 0 Å². The predicted molar refractivity (Wildman–Crippen MR) is 63.8 cm³/mol. The topological polar surface area (TPSA) is 42.4 Å². The SMILES string of the molecule is CCOC(=O)CN(CC)c1cc(C(F)(F)F)ccn1. The van der Waals surface area contributed by atoms with E-state index in [1.807, 2.05) is 0 Å². The third-order valence-corrected chi connectivity index (χ3v) is 2.40. The third kappa shape index (κ3) is 4.42. The zero-order valence-corrected chi connectivity index (χ0v) is 10.7. The van der Waals surface area contributed by atoms with Gasteiger partial charge >= 0.3 is 12.1 Å². The number of pyridine rings is 1. The highest BCUT2D eigenvalue weighted by Crippen LogP contribution is 2.30. The maximum Gasteiger partial charge on any atom is 0.416 e. The number of carbonyl (C=O) groups excluding carboxylic acids is 1. The molecule has 0 radical (unpaired) electrons. The summed E-state index contributed by atoms with van der Waals surface area (Å²) in [5.74, 6) is -0.395. The average molecular weight is 276 g/mol. The average Bonchev–Trinajstić information content (AvgIpc) is 2.35. The molecule has 1 aromatic heterocycles. The summed E-state index contributed by atoms with van der Waals surface area (Å²) in [6.45, 7) is 3.84. The van der Waals surface area contributed by atoms with Crippen LogP contribution in [0.3, 0.4) is 0 Å². The van der Waals surface area contributed by atoms with Crippen molar-refractivity contribution in [2.75, 3.05) is 24.6 Å². The second-order valence-electron chi connectivity index (χ2n) is 3.72. The minimum atomic E-state index is -4.43. The molecule has 1 rings (SSSR count). The minimum absolute atomic E-state index is 0.102.